The second-order valence-electron chi connectivity index (χ2n) is 5.92. The number of pyridine rings is 1. The molecule has 1 aliphatic rings. The molecule has 0 fully saturated rings. The number of imidazole rings is 1. The molecule has 5 rings (SSSR count). The quantitative estimate of drug-likeness (QED) is 0.562. The normalized spacial score (nSPS) is 15.8. The highest BCUT2D eigenvalue weighted by atomic mass is 32.2. The van der Waals surface area contributed by atoms with Crippen LogP contribution < -0.4 is 5.32 Å². The number of rotatable bonds is 2. The van der Waals surface area contributed by atoms with Crippen LogP contribution in [-0.4, -0.2) is 25.2 Å². The Balaban J connectivity index is 1.75. The van der Waals surface area contributed by atoms with Crippen molar-refractivity contribution in [2.24, 2.45) is 0 Å². The monoisotopic (exact) mass is 364 g/mol. The lowest BCUT2D eigenvalue weighted by Gasteiger charge is -2.10. The molecule has 0 amide bonds. The summed E-state index contributed by atoms with van der Waals surface area (Å²) in [4.78, 5) is 10.1. The molecule has 0 aliphatic carbocycles. The van der Waals surface area contributed by atoms with Crippen LogP contribution in [0.2, 0.25) is 0 Å². The number of thioether (sulfide) groups is 1. The molecule has 1 atom stereocenters. The van der Waals surface area contributed by atoms with Crippen molar-refractivity contribution in [1.29, 1.82) is 0 Å². The Morgan fingerprint density at radius 1 is 1.12 bits per heavy atom. The fourth-order valence-electron chi connectivity index (χ4n) is 3.10. The van der Waals surface area contributed by atoms with Crippen molar-refractivity contribution < 1.29 is 9.50 Å². The van der Waals surface area contributed by atoms with Crippen molar-refractivity contribution in [3.63, 3.8) is 0 Å². The van der Waals surface area contributed by atoms with Gasteiger partial charge in [0.15, 0.2) is 11.2 Å². The topological polar surface area (TPSA) is 63.0 Å². The van der Waals surface area contributed by atoms with Gasteiger partial charge in [0.2, 0.25) is 0 Å². The minimum Gasteiger partial charge on any atom is -0.364 e. The number of hydrogen-bond donors (Lipinski definition) is 2. The summed E-state index contributed by atoms with van der Waals surface area (Å²) >= 11 is 1.35. The molecule has 1 unspecified atom stereocenters. The molecular formula is C19H13FN4OS. The van der Waals surface area contributed by atoms with Gasteiger partial charge in [0.1, 0.15) is 17.2 Å². The van der Waals surface area contributed by atoms with Crippen LogP contribution in [0.3, 0.4) is 0 Å². The third kappa shape index (κ3) is 2.44. The van der Waals surface area contributed by atoms with Crippen molar-refractivity contribution >= 4 is 28.6 Å². The van der Waals surface area contributed by atoms with Gasteiger partial charge >= 0.3 is 0 Å². The second kappa shape index (κ2) is 5.82. The fourth-order valence-corrected chi connectivity index (χ4v) is 3.97. The van der Waals surface area contributed by atoms with Crippen LogP contribution in [0.1, 0.15) is 0 Å². The van der Waals surface area contributed by atoms with Crippen molar-refractivity contribution in [1.82, 2.24) is 14.5 Å². The Morgan fingerprint density at radius 2 is 1.96 bits per heavy atom. The molecule has 0 radical (unpaired) electrons. The van der Waals surface area contributed by atoms with E-state index in [1.165, 1.54) is 23.9 Å². The van der Waals surface area contributed by atoms with Gasteiger partial charge in [0.25, 0.3) is 0 Å². The maximum Gasteiger partial charge on any atom is 0.178 e. The number of nitrogens with zero attached hydrogens (tertiary/aromatic N) is 3. The number of aromatic nitrogens is 3. The molecule has 0 bridgehead atoms. The van der Waals surface area contributed by atoms with Gasteiger partial charge in [-0.05, 0) is 54.6 Å². The molecule has 0 saturated heterocycles. The predicted octanol–water partition coefficient (Wildman–Crippen LogP) is 4.02. The number of hydrogen-bond acceptors (Lipinski definition) is 5. The average Bonchev–Trinajstić information content (AvgIpc) is 3.21. The van der Waals surface area contributed by atoms with E-state index in [0.29, 0.717) is 5.82 Å². The van der Waals surface area contributed by atoms with Crippen LogP contribution >= 0.6 is 11.8 Å². The van der Waals surface area contributed by atoms with Gasteiger partial charge in [0.05, 0.1) is 11.4 Å². The first kappa shape index (κ1) is 15.4. The fraction of sp³-hybridized carbons (Fsp3) is 0.0526. The van der Waals surface area contributed by atoms with Gasteiger partial charge in [-0.25, -0.2) is 14.4 Å². The molecule has 26 heavy (non-hydrogen) atoms. The Kier molecular flexibility index (Phi) is 3.44. The van der Waals surface area contributed by atoms with Crippen molar-refractivity contribution in [2.45, 2.75) is 10.5 Å². The van der Waals surface area contributed by atoms with E-state index in [0.717, 1.165) is 33.0 Å². The van der Waals surface area contributed by atoms with Crippen molar-refractivity contribution in [3.05, 3.63) is 66.6 Å². The number of nitrogens with one attached hydrogen (secondary N) is 1. The van der Waals surface area contributed by atoms with Gasteiger partial charge in [-0.1, -0.05) is 11.8 Å². The molecule has 0 saturated carbocycles. The van der Waals surface area contributed by atoms with E-state index >= 15 is 0 Å². The highest BCUT2D eigenvalue weighted by Gasteiger charge is 2.21. The Morgan fingerprint density at radius 3 is 2.81 bits per heavy atom. The zero-order valence-electron chi connectivity index (χ0n) is 13.4. The molecule has 2 aromatic carbocycles. The number of aliphatic hydroxyl groups is 1. The third-order valence-corrected chi connectivity index (χ3v) is 5.19. The van der Waals surface area contributed by atoms with Gasteiger partial charge in [0, 0.05) is 16.7 Å². The first-order valence-electron chi connectivity index (χ1n) is 8.04. The van der Waals surface area contributed by atoms with Gasteiger partial charge in [-0.3, -0.25) is 4.57 Å². The molecule has 7 heteroatoms. The van der Waals surface area contributed by atoms with Crippen molar-refractivity contribution in [3.8, 4) is 17.1 Å². The number of benzene rings is 2. The van der Waals surface area contributed by atoms with Gasteiger partial charge in [-0.2, -0.15) is 0 Å². The average molecular weight is 364 g/mol. The standard InChI is InChI=1S/C19H13FN4OS/c20-12-5-3-11(4-6-12)17-22-15-2-1-9-21-18(15)24(17)13-7-8-14-16(10-13)26-19(25)23-14/h1-10,19,23,25H. The van der Waals surface area contributed by atoms with E-state index in [4.69, 9.17) is 4.98 Å². The van der Waals surface area contributed by atoms with Crippen LogP contribution in [0, 0.1) is 5.82 Å². The molecule has 4 aromatic rings. The molecule has 128 valence electrons. The summed E-state index contributed by atoms with van der Waals surface area (Å²) in [5.41, 5.74) is 3.42. The molecule has 2 aromatic heterocycles. The third-order valence-electron chi connectivity index (χ3n) is 4.26. The lowest BCUT2D eigenvalue weighted by Crippen LogP contribution is -2.06. The van der Waals surface area contributed by atoms with Crippen molar-refractivity contribution in [2.75, 3.05) is 5.32 Å². The van der Waals surface area contributed by atoms with Crippen LogP contribution in [0.15, 0.2) is 65.7 Å². The zero-order valence-corrected chi connectivity index (χ0v) is 14.2. The SMILES string of the molecule is OC1Nc2ccc(-n3c(-c4ccc(F)cc4)nc4cccnc43)cc2S1. The number of anilines is 1. The predicted molar refractivity (Wildman–Crippen MR) is 99.7 cm³/mol. The van der Waals surface area contributed by atoms with Gasteiger partial charge < -0.3 is 10.4 Å². The minimum absolute atomic E-state index is 0.288. The minimum atomic E-state index is -0.644. The molecule has 3 heterocycles. The highest BCUT2D eigenvalue weighted by Crippen LogP contribution is 2.39. The van der Waals surface area contributed by atoms with Gasteiger partial charge in [-0.15, -0.1) is 0 Å². The van der Waals surface area contributed by atoms with E-state index < -0.39 is 5.56 Å². The molecule has 1 aliphatic heterocycles. The molecule has 2 N–H and O–H groups in total. The summed E-state index contributed by atoms with van der Waals surface area (Å²) in [7, 11) is 0. The highest BCUT2D eigenvalue weighted by molar-refractivity contribution is 8.00. The van der Waals surface area contributed by atoms with E-state index in [1.54, 1.807) is 18.3 Å². The Hall–Kier alpha value is -2.90. The summed E-state index contributed by atoms with van der Waals surface area (Å²) in [6, 6.07) is 15.9. The summed E-state index contributed by atoms with van der Waals surface area (Å²) in [6.07, 6.45) is 1.72. The van der Waals surface area contributed by atoms with E-state index in [1.807, 2.05) is 34.9 Å². The molecular weight excluding hydrogens is 351 g/mol. The van der Waals surface area contributed by atoms with E-state index in [2.05, 4.69) is 10.3 Å². The number of aliphatic hydroxyl groups excluding tert-OH is 1. The summed E-state index contributed by atoms with van der Waals surface area (Å²) in [6.45, 7) is 0. The molecule has 5 nitrogen and oxygen atoms in total. The van der Waals surface area contributed by atoms with Crippen LogP contribution in [0.4, 0.5) is 10.1 Å². The second-order valence-corrected chi connectivity index (χ2v) is 7.04. The first-order valence-corrected chi connectivity index (χ1v) is 8.92. The maximum absolute atomic E-state index is 13.3. The van der Waals surface area contributed by atoms with Crippen LogP contribution in [0.25, 0.3) is 28.2 Å². The number of halogens is 1. The van der Waals surface area contributed by atoms with Crippen LogP contribution in [0.5, 0.6) is 0 Å². The zero-order chi connectivity index (χ0) is 17.7. The Labute approximate surface area is 152 Å². The maximum atomic E-state index is 13.3. The summed E-state index contributed by atoms with van der Waals surface area (Å²) in [5.74, 6) is 0.402. The smallest absolute Gasteiger partial charge is 0.178 e. The van der Waals surface area contributed by atoms with E-state index in [9.17, 15) is 9.50 Å². The lowest BCUT2D eigenvalue weighted by atomic mass is 10.2. The number of fused-ring (bicyclic) bond motifs is 2. The first-order chi connectivity index (χ1) is 12.7. The molecule has 0 spiro atoms. The Bertz CT molecular complexity index is 1130. The van der Waals surface area contributed by atoms with Crippen LogP contribution in [-0.2, 0) is 0 Å². The largest absolute Gasteiger partial charge is 0.364 e. The van der Waals surface area contributed by atoms with E-state index in [-0.39, 0.29) is 5.82 Å². The summed E-state index contributed by atoms with van der Waals surface area (Å²) < 4.78 is 15.3. The lowest BCUT2D eigenvalue weighted by molar-refractivity contribution is 0.294. The summed E-state index contributed by atoms with van der Waals surface area (Å²) in [5, 5.41) is 12.8.